The average Bonchev–Trinajstić information content (AvgIpc) is 2.28. The molecule has 94 valence electrons. The lowest BCUT2D eigenvalue weighted by Crippen LogP contribution is -2.04. The quantitative estimate of drug-likeness (QED) is 0.630. The van der Waals surface area contributed by atoms with Crippen molar-refractivity contribution in [2.24, 2.45) is 0 Å². The van der Waals surface area contributed by atoms with Crippen LogP contribution in [0.2, 0.25) is 5.02 Å². The van der Waals surface area contributed by atoms with Crippen molar-refractivity contribution in [3.8, 4) is 11.1 Å². The molecule has 0 radical (unpaired) electrons. The standard InChI is InChI=1S/C13H7ClF4/c14-12-5-4-9(13(16,17)18)7-11(12)8-2-1-3-10(15)6-8/h1-7H. The molecule has 2 rings (SSSR count). The molecule has 0 aromatic heterocycles. The molecule has 0 aliphatic carbocycles. The number of benzene rings is 2. The number of rotatable bonds is 1. The molecule has 0 atom stereocenters. The highest BCUT2D eigenvalue weighted by molar-refractivity contribution is 6.33. The molecule has 0 unspecified atom stereocenters. The summed E-state index contributed by atoms with van der Waals surface area (Å²) in [7, 11) is 0. The lowest BCUT2D eigenvalue weighted by atomic mass is 10.0. The van der Waals surface area contributed by atoms with Gasteiger partial charge in [0.2, 0.25) is 0 Å². The normalized spacial score (nSPS) is 11.6. The minimum absolute atomic E-state index is 0.147. The van der Waals surface area contributed by atoms with E-state index in [9.17, 15) is 17.6 Å². The molecule has 5 heteroatoms. The first-order valence-electron chi connectivity index (χ1n) is 5.00. The van der Waals surface area contributed by atoms with E-state index >= 15 is 0 Å². The third kappa shape index (κ3) is 2.64. The molecule has 0 nitrogen and oxygen atoms in total. The van der Waals surface area contributed by atoms with Crippen LogP contribution in [0.25, 0.3) is 11.1 Å². The molecule has 0 bridgehead atoms. The van der Waals surface area contributed by atoms with Gasteiger partial charge in [-0.15, -0.1) is 0 Å². The van der Waals surface area contributed by atoms with Gasteiger partial charge in [0.25, 0.3) is 0 Å². The second-order valence-corrected chi connectivity index (χ2v) is 4.11. The second-order valence-electron chi connectivity index (χ2n) is 3.70. The first kappa shape index (κ1) is 12.9. The summed E-state index contributed by atoms with van der Waals surface area (Å²) in [6.45, 7) is 0. The molecular weight excluding hydrogens is 268 g/mol. The van der Waals surface area contributed by atoms with Crippen molar-refractivity contribution in [2.75, 3.05) is 0 Å². The van der Waals surface area contributed by atoms with Crippen LogP contribution in [-0.2, 0) is 6.18 Å². The molecule has 0 fully saturated rings. The Bertz CT molecular complexity index is 575. The van der Waals surface area contributed by atoms with Crippen molar-refractivity contribution < 1.29 is 17.6 Å². The summed E-state index contributed by atoms with van der Waals surface area (Å²) in [4.78, 5) is 0. The highest BCUT2D eigenvalue weighted by Crippen LogP contribution is 2.35. The molecular formula is C13H7ClF4. The summed E-state index contributed by atoms with van der Waals surface area (Å²) in [6, 6.07) is 8.24. The molecule has 2 aromatic carbocycles. The molecule has 2 aromatic rings. The van der Waals surface area contributed by atoms with Crippen LogP contribution in [0.1, 0.15) is 5.56 Å². The van der Waals surface area contributed by atoms with Gasteiger partial charge in [-0.25, -0.2) is 4.39 Å². The number of alkyl halides is 3. The minimum Gasteiger partial charge on any atom is -0.207 e. The molecule has 0 heterocycles. The Morgan fingerprint density at radius 3 is 2.28 bits per heavy atom. The summed E-state index contributed by atoms with van der Waals surface area (Å²) in [5.74, 6) is -0.527. The van der Waals surface area contributed by atoms with Crippen molar-refractivity contribution in [2.45, 2.75) is 6.18 Å². The highest BCUT2D eigenvalue weighted by Gasteiger charge is 2.31. The van der Waals surface area contributed by atoms with E-state index in [4.69, 9.17) is 11.6 Å². The van der Waals surface area contributed by atoms with Crippen LogP contribution in [0.3, 0.4) is 0 Å². The Kier molecular flexibility index (Phi) is 3.30. The van der Waals surface area contributed by atoms with E-state index in [0.29, 0.717) is 5.56 Å². The Labute approximate surface area is 106 Å². The molecule has 0 N–H and O–H groups in total. The maximum atomic E-state index is 13.1. The van der Waals surface area contributed by atoms with Crippen LogP contribution < -0.4 is 0 Å². The van der Waals surface area contributed by atoms with Gasteiger partial charge in [0, 0.05) is 10.6 Å². The third-order valence-corrected chi connectivity index (χ3v) is 2.76. The van der Waals surface area contributed by atoms with E-state index in [1.807, 2.05) is 0 Å². The van der Waals surface area contributed by atoms with E-state index < -0.39 is 17.6 Å². The summed E-state index contributed by atoms with van der Waals surface area (Å²) in [5.41, 5.74) is -0.344. The largest absolute Gasteiger partial charge is 0.416 e. The fourth-order valence-corrected chi connectivity index (χ4v) is 1.81. The number of halogens is 5. The van der Waals surface area contributed by atoms with E-state index in [1.54, 1.807) is 0 Å². The number of hydrogen-bond acceptors (Lipinski definition) is 0. The van der Waals surface area contributed by atoms with Crippen molar-refractivity contribution in [1.82, 2.24) is 0 Å². The fraction of sp³-hybridized carbons (Fsp3) is 0.0769. The van der Waals surface area contributed by atoms with Crippen LogP contribution in [0.5, 0.6) is 0 Å². The predicted octanol–water partition coefficient (Wildman–Crippen LogP) is 5.16. The van der Waals surface area contributed by atoms with Gasteiger partial charge in [-0.2, -0.15) is 13.2 Å². The van der Waals surface area contributed by atoms with Crippen LogP contribution in [0, 0.1) is 5.82 Å². The smallest absolute Gasteiger partial charge is 0.207 e. The summed E-state index contributed by atoms with van der Waals surface area (Å²) in [5, 5.41) is 0.147. The summed E-state index contributed by atoms with van der Waals surface area (Å²) >= 11 is 5.84. The van der Waals surface area contributed by atoms with Gasteiger partial charge in [0.05, 0.1) is 5.56 Å². The van der Waals surface area contributed by atoms with Gasteiger partial charge in [-0.3, -0.25) is 0 Å². The first-order chi connectivity index (χ1) is 8.38. The van der Waals surface area contributed by atoms with E-state index in [1.165, 1.54) is 18.2 Å². The Hall–Kier alpha value is -1.55. The lowest BCUT2D eigenvalue weighted by molar-refractivity contribution is -0.137. The zero-order valence-corrected chi connectivity index (χ0v) is 9.69. The van der Waals surface area contributed by atoms with Gasteiger partial charge >= 0.3 is 6.18 Å². The lowest BCUT2D eigenvalue weighted by Gasteiger charge is -2.10. The highest BCUT2D eigenvalue weighted by atomic mass is 35.5. The molecule has 0 aliphatic heterocycles. The van der Waals surface area contributed by atoms with E-state index in [-0.39, 0.29) is 10.6 Å². The maximum Gasteiger partial charge on any atom is 0.416 e. The van der Waals surface area contributed by atoms with Crippen molar-refractivity contribution in [1.29, 1.82) is 0 Å². The van der Waals surface area contributed by atoms with Gasteiger partial charge < -0.3 is 0 Å². The molecule has 0 saturated heterocycles. The van der Waals surface area contributed by atoms with Crippen molar-refractivity contribution in [3.05, 3.63) is 58.9 Å². The monoisotopic (exact) mass is 274 g/mol. The first-order valence-corrected chi connectivity index (χ1v) is 5.38. The van der Waals surface area contributed by atoms with Crippen molar-refractivity contribution in [3.63, 3.8) is 0 Å². The second kappa shape index (κ2) is 4.61. The average molecular weight is 275 g/mol. The van der Waals surface area contributed by atoms with Gasteiger partial charge in [0.1, 0.15) is 5.82 Å². The van der Waals surface area contributed by atoms with Gasteiger partial charge in [-0.1, -0.05) is 23.7 Å². The van der Waals surface area contributed by atoms with Gasteiger partial charge in [0.15, 0.2) is 0 Å². The molecule has 0 spiro atoms. The minimum atomic E-state index is -4.45. The van der Waals surface area contributed by atoms with Crippen molar-refractivity contribution >= 4 is 11.6 Å². The van der Waals surface area contributed by atoms with Crippen LogP contribution >= 0.6 is 11.6 Å². The zero-order valence-electron chi connectivity index (χ0n) is 8.93. The molecule has 0 amide bonds. The maximum absolute atomic E-state index is 13.1. The SMILES string of the molecule is Fc1cccc(-c2cc(C(F)(F)F)ccc2Cl)c1. The van der Waals surface area contributed by atoms with Crippen LogP contribution in [-0.4, -0.2) is 0 Å². The Balaban J connectivity index is 2.57. The topological polar surface area (TPSA) is 0 Å². The zero-order chi connectivity index (χ0) is 13.3. The third-order valence-electron chi connectivity index (χ3n) is 2.43. The molecule has 0 saturated carbocycles. The van der Waals surface area contributed by atoms with E-state index in [0.717, 1.165) is 24.3 Å². The molecule has 0 aliphatic rings. The molecule has 18 heavy (non-hydrogen) atoms. The van der Waals surface area contributed by atoms with Gasteiger partial charge in [-0.05, 0) is 35.9 Å². The summed E-state index contributed by atoms with van der Waals surface area (Å²) in [6.07, 6.45) is -4.45. The number of hydrogen-bond donors (Lipinski definition) is 0. The predicted molar refractivity (Wildman–Crippen MR) is 61.8 cm³/mol. The van der Waals surface area contributed by atoms with Crippen LogP contribution in [0.15, 0.2) is 42.5 Å². The summed E-state index contributed by atoms with van der Waals surface area (Å²) < 4.78 is 50.8. The fourth-order valence-electron chi connectivity index (χ4n) is 1.58. The van der Waals surface area contributed by atoms with Crippen LogP contribution in [0.4, 0.5) is 17.6 Å². The Morgan fingerprint density at radius 1 is 0.944 bits per heavy atom. The Morgan fingerprint density at radius 2 is 1.67 bits per heavy atom. The van der Waals surface area contributed by atoms with E-state index in [2.05, 4.69) is 0 Å².